The number of carboxylic acid groups (broad SMARTS) is 1. The van der Waals surface area contributed by atoms with Crippen LogP contribution in [0.1, 0.15) is 156 Å². The van der Waals surface area contributed by atoms with Crippen LogP contribution < -0.4 is 16.4 Å². The number of aromatic amines is 3. The number of nitrogens with two attached hydrogens (primary N) is 1. The summed E-state index contributed by atoms with van der Waals surface area (Å²) in [6.45, 7) is 16.6. The van der Waals surface area contributed by atoms with Gasteiger partial charge in [0.2, 0.25) is 0 Å². The van der Waals surface area contributed by atoms with E-state index in [-0.39, 0.29) is 42.8 Å². The maximum absolute atomic E-state index is 14.9. The Balaban J connectivity index is 0.000000146. The fourth-order valence-corrected chi connectivity index (χ4v) is 14.0. The Morgan fingerprint density at radius 1 is 0.429 bits per heavy atom. The van der Waals surface area contributed by atoms with Gasteiger partial charge in [0.1, 0.15) is 17.5 Å². The van der Waals surface area contributed by atoms with E-state index in [1.54, 1.807) is 145 Å². The first-order valence-corrected chi connectivity index (χ1v) is 36.8. The second-order valence-electron chi connectivity index (χ2n) is 29.2. The van der Waals surface area contributed by atoms with E-state index in [9.17, 15) is 42.9 Å². The number of pyridine rings is 6. The highest BCUT2D eigenvalue weighted by Gasteiger charge is 2.26. The van der Waals surface area contributed by atoms with Crippen molar-refractivity contribution in [3.63, 3.8) is 0 Å². The fourth-order valence-electron chi connectivity index (χ4n) is 13.3. The van der Waals surface area contributed by atoms with Gasteiger partial charge in [0.15, 0.2) is 0 Å². The van der Waals surface area contributed by atoms with Gasteiger partial charge in [-0.2, -0.15) is 0 Å². The third-order valence-corrected chi connectivity index (χ3v) is 19.7. The van der Waals surface area contributed by atoms with Gasteiger partial charge in [-0.25, -0.2) is 18.0 Å². The quantitative estimate of drug-likeness (QED) is 0.0405. The van der Waals surface area contributed by atoms with Crippen LogP contribution in [-0.2, 0) is 55.7 Å². The number of aromatic carboxylic acids is 1. The molecule has 112 heavy (non-hydrogen) atoms. The zero-order chi connectivity index (χ0) is 80.3. The number of nitrogens with zero attached hydrogens (tertiary/aromatic N) is 6. The van der Waals surface area contributed by atoms with Crippen molar-refractivity contribution in [1.82, 2.24) is 55.5 Å². The maximum atomic E-state index is 14.9. The summed E-state index contributed by atoms with van der Waals surface area (Å²) in [5, 5.41) is 51.6. The molecule has 0 spiro atoms. The molecule has 0 atom stereocenters. The van der Waals surface area contributed by atoms with Crippen molar-refractivity contribution in [3.05, 3.63) is 316 Å². The number of amides is 2. The smallest absolute Gasteiger partial charge is 0.335 e. The predicted octanol–water partition coefficient (Wildman–Crippen LogP) is 17.8. The van der Waals surface area contributed by atoms with Gasteiger partial charge in [-0.05, 0) is 187 Å². The number of carbonyl (C=O) groups is 3. The molecule has 0 aliphatic heterocycles. The molecule has 0 unspecified atom stereocenters. The lowest BCUT2D eigenvalue weighted by Gasteiger charge is -2.21. The van der Waals surface area contributed by atoms with Crippen molar-refractivity contribution in [2.45, 2.75) is 118 Å². The van der Waals surface area contributed by atoms with Crippen molar-refractivity contribution < 1.29 is 48.0 Å². The van der Waals surface area contributed by atoms with Crippen molar-refractivity contribution >= 4 is 118 Å². The first kappa shape index (κ1) is 80.1. The number of carbonyl (C=O) groups excluding carboxylic acids is 2. The van der Waals surface area contributed by atoms with Gasteiger partial charge in [0.25, 0.3) is 11.8 Å². The number of fused-ring (bicyclic) bond motifs is 6. The Morgan fingerprint density at radius 2 is 0.732 bits per heavy atom. The third-order valence-electron chi connectivity index (χ3n) is 18.8. The molecular formula is C87H80Cl3F3N12O7. The summed E-state index contributed by atoms with van der Waals surface area (Å²) in [6.07, 6.45) is 16.1. The monoisotopic (exact) mass is 1570 g/mol. The van der Waals surface area contributed by atoms with Crippen molar-refractivity contribution in [1.29, 1.82) is 0 Å². The van der Waals surface area contributed by atoms with Gasteiger partial charge in [-0.3, -0.25) is 39.5 Å². The summed E-state index contributed by atoms with van der Waals surface area (Å²) in [6, 6.07) is 37.9. The largest absolute Gasteiger partial charge is 0.478 e. The van der Waals surface area contributed by atoms with Crippen LogP contribution in [0.25, 0.3) is 65.4 Å². The molecule has 15 aromatic rings. The SMILES string of the molecule is Cc1cnc2c(C(C)(C)O)cc(Cc3cc(C(=O)NCc4ccc5[nH]cc(Cl)c5c4F)ccn3)cc2c1.Cc1cnc2c(C(C)(C)O)cc(Cc3cc(C(=O)NCc4ccc5[nH]cc(Cl)c5c4F)ccn3)cc2c1.Cc1cnc2c(C(C)(C)O)cc(Cc3cc(C(=O)O)ccn3)cc2c1.NCc1ccc2[nH]cc(Cl)c2c1F. The summed E-state index contributed by atoms with van der Waals surface area (Å²) >= 11 is 18.0. The molecular weight excluding hydrogens is 1490 g/mol. The Kier molecular flexibility index (Phi) is 23.8. The number of hydrogen-bond donors (Lipinski definition) is 10. The third kappa shape index (κ3) is 18.4. The molecule has 6 aromatic carbocycles. The number of carboxylic acids is 1. The standard InChI is InChI=1S/2C29H26ClFN4O2.C20H20N2O3.C9H8ClFN2/c2*1-16-8-20-9-17(11-22(29(2,3)37)27(20)34-13-16)10-21-12-18(6-7-32-21)28(36)35-14-19-4-5-24-25(26(19)31)23(30)15-33-24;1-12-6-15-7-13(8-16-10-14(19(23)24)4-5-21-16)9-17(20(2,3)25)18(15)22-11-12;10-6-4-13-7-2-1-5(3-12)9(11)8(6)7/h2*4-9,11-13,15,33,37H,10,14H2,1-3H3,(H,35,36);4-7,9-11,25H,8H2,1-3H3,(H,23,24);1-2,4,13H,3,12H2. The molecule has 0 radical (unpaired) electrons. The first-order valence-electron chi connectivity index (χ1n) is 35.7. The summed E-state index contributed by atoms with van der Waals surface area (Å²) in [5.41, 5.74) is 18.8. The lowest BCUT2D eigenvalue weighted by Crippen LogP contribution is -2.23. The highest BCUT2D eigenvalue weighted by atomic mass is 35.5. The van der Waals surface area contributed by atoms with Gasteiger partial charge in [0.05, 0.1) is 70.1 Å². The molecule has 25 heteroatoms. The molecule has 9 aromatic heterocycles. The summed E-state index contributed by atoms with van der Waals surface area (Å²) in [5.74, 6) is -2.88. The number of nitrogens with one attached hydrogen (secondary N) is 5. The van der Waals surface area contributed by atoms with E-state index in [2.05, 4.69) is 55.5 Å². The number of hydrogen-bond acceptors (Lipinski definition) is 13. The van der Waals surface area contributed by atoms with Gasteiger partial charge in [-0.1, -0.05) is 71.2 Å². The van der Waals surface area contributed by atoms with Crippen LogP contribution in [0.2, 0.25) is 15.1 Å². The van der Waals surface area contributed by atoms with Gasteiger partial charge in [-0.15, -0.1) is 0 Å². The second kappa shape index (κ2) is 33.2. The first-order chi connectivity index (χ1) is 53.2. The molecule has 572 valence electrons. The maximum Gasteiger partial charge on any atom is 0.335 e. The van der Waals surface area contributed by atoms with Crippen LogP contribution in [0.4, 0.5) is 13.2 Å². The number of aliphatic hydroxyl groups is 3. The molecule has 11 N–H and O–H groups in total. The minimum atomic E-state index is -1.07. The molecule has 0 saturated carbocycles. The number of aromatic nitrogens is 9. The lowest BCUT2D eigenvalue weighted by molar-refractivity contribution is 0.0694. The van der Waals surface area contributed by atoms with Crippen LogP contribution in [0.15, 0.2) is 183 Å². The molecule has 0 aliphatic carbocycles. The van der Waals surface area contributed by atoms with Crippen LogP contribution in [0, 0.1) is 38.2 Å². The Bertz CT molecular complexity index is 5880. The van der Waals surface area contributed by atoms with Crippen LogP contribution >= 0.6 is 34.8 Å². The number of rotatable bonds is 17. The van der Waals surface area contributed by atoms with E-state index in [1.807, 2.05) is 75.4 Å². The minimum Gasteiger partial charge on any atom is -0.478 e. The average molecular weight is 1570 g/mol. The van der Waals surface area contributed by atoms with E-state index in [0.717, 1.165) is 82.8 Å². The van der Waals surface area contributed by atoms with Crippen LogP contribution in [0.5, 0.6) is 0 Å². The zero-order valence-electron chi connectivity index (χ0n) is 62.6. The number of aryl methyl sites for hydroxylation is 3. The van der Waals surface area contributed by atoms with E-state index in [1.165, 1.54) is 24.7 Å². The minimum absolute atomic E-state index is 0.0196. The normalized spacial score (nSPS) is 11.7. The van der Waals surface area contributed by atoms with Crippen LogP contribution in [0.3, 0.4) is 0 Å². The molecule has 0 bridgehead atoms. The van der Waals surface area contributed by atoms with E-state index >= 15 is 0 Å². The Morgan fingerprint density at radius 3 is 1.04 bits per heavy atom. The predicted molar refractivity (Wildman–Crippen MR) is 433 cm³/mol. The highest BCUT2D eigenvalue weighted by molar-refractivity contribution is 6.36. The van der Waals surface area contributed by atoms with Gasteiger partial charge in [0, 0.05) is 189 Å². The average Bonchev–Trinajstić information content (AvgIpc) is 1.31. The van der Waals surface area contributed by atoms with E-state index in [0.29, 0.717) is 112 Å². The number of benzene rings is 6. The van der Waals surface area contributed by atoms with Crippen LogP contribution in [-0.4, -0.2) is 83.1 Å². The van der Waals surface area contributed by atoms with Crippen molar-refractivity contribution in [3.8, 4) is 0 Å². The molecule has 0 saturated heterocycles. The Labute approximate surface area is 657 Å². The summed E-state index contributed by atoms with van der Waals surface area (Å²) in [7, 11) is 0. The lowest BCUT2D eigenvalue weighted by atomic mass is 9.91. The molecule has 0 fully saturated rings. The van der Waals surface area contributed by atoms with Crippen molar-refractivity contribution in [2.24, 2.45) is 5.73 Å². The number of H-pyrrole nitrogens is 3. The van der Waals surface area contributed by atoms with Gasteiger partial charge >= 0.3 is 5.97 Å². The molecule has 9 heterocycles. The van der Waals surface area contributed by atoms with E-state index in [4.69, 9.17) is 45.6 Å². The Hall–Kier alpha value is -11.5. The van der Waals surface area contributed by atoms with E-state index < -0.39 is 34.4 Å². The molecule has 19 nitrogen and oxygen atoms in total. The highest BCUT2D eigenvalue weighted by Crippen LogP contribution is 2.36. The van der Waals surface area contributed by atoms with Gasteiger partial charge < -0.3 is 51.7 Å². The molecule has 15 rings (SSSR count). The zero-order valence-corrected chi connectivity index (χ0v) is 64.9. The molecule has 2 amide bonds. The topological polar surface area (TPSA) is 307 Å². The fraction of sp³-hybridized carbons (Fsp3) is 0.207. The van der Waals surface area contributed by atoms with Crippen molar-refractivity contribution in [2.75, 3.05) is 0 Å². The number of halogens is 6. The second-order valence-corrected chi connectivity index (χ2v) is 30.4. The summed E-state index contributed by atoms with van der Waals surface area (Å²) in [4.78, 5) is 72.3. The molecule has 0 aliphatic rings. The summed E-state index contributed by atoms with van der Waals surface area (Å²) < 4.78 is 43.4.